The van der Waals surface area contributed by atoms with Gasteiger partial charge in [0.2, 0.25) is 5.91 Å². The molecule has 0 saturated heterocycles. The van der Waals surface area contributed by atoms with Gasteiger partial charge in [-0.25, -0.2) is 0 Å². The number of benzene rings is 2. The number of hydrogen-bond donors (Lipinski definition) is 1. The first kappa shape index (κ1) is 16.8. The van der Waals surface area contributed by atoms with Gasteiger partial charge in [-0.05, 0) is 34.8 Å². The van der Waals surface area contributed by atoms with Crippen LogP contribution in [0, 0.1) is 0 Å². The van der Waals surface area contributed by atoms with Gasteiger partial charge in [0.1, 0.15) is 5.75 Å². The third kappa shape index (κ3) is 4.99. The molecule has 0 spiro atoms. The van der Waals surface area contributed by atoms with Gasteiger partial charge < -0.3 is 10.1 Å². The molecule has 2 rings (SSSR count). The minimum absolute atomic E-state index is 0.131. The van der Waals surface area contributed by atoms with E-state index in [4.69, 9.17) is 4.74 Å². The highest BCUT2D eigenvalue weighted by Gasteiger charge is 2.12. The van der Waals surface area contributed by atoms with E-state index in [1.807, 2.05) is 36.4 Å². The second kappa shape index (κ2) is 7.14. The van der Waals surface area contributed by atoms with Crippen LogP contribution in [-0.2, 0) is 10.2 Å². The zero-order valence-corrected chi connectivity index (χ0v) is 14.1. The van der Waals surface area contributed by atoms with Gasteiger partial charge in [0.25, 0.3) is 0 Å². The Labute approximate surface area is 138 Å². The minimum Gasteiger partial charge on any atom is -0.497 e. The Morgan fingerprint density at radius 2 is 1.78 bits per heavy atom. The molecule has 3 nitrogen and oxygen atoms in total. The third-order valence-electron chi connectivity index (χ3n) is 3.54. The third-order valence-corrected chi connectivity index (χ3v) is 3.54. The van der Waals surface area contributed by atoms with Crippen LogP contribution >= 0.6 is 0 Å². The Kier molecular flexibility index (Phi) is 5.22. The lowest BCUT2D eigenvalue weighted by molar-refractivity contribution is -0.111. The summed E-state index contributed by atoms with van der Waals surface area (Å²) < 4.78 is 5.13. The van der Waals surface area contributed by atoms with Gasteiger partial charge in [-0.2, -0.15) is 0 Å². The highest BCUT2D eigenvalue weighted by molar-refractivity contribution is 6.02. The zero-order valence-electron chi connectivity index (χ0n) is 14.1. The summed E-state index contributed by atoms with van der Waals surface area (Å²) in [5.41, 5.74) is 3.11. The topological polar surface area (TPSA) is 38.3 Å². The fraction of sp³-hybridized carbons (Fsp3) is 0.250. The standard InChI is InChI=1S/C20H23NO2/c1-20(2,3)16-11-8-15(9-12-16)10-13-19(22)21-17-6-5-7-18(14-17)23-4/h5-14H,1-4H3,(H,21,22). The molecule has 0 aliphatic carbocycles. The number of nitrogens with one attached hydrogen (secondary N) is 1. The largest absolute Gasteiger partial charge is 0.497 e. The van der Waals surface area contributed by atoms with Crippen molar-refractivity contribution >= 4 is 17.7 Å². The first-order valence-electron chi connectivity index (χ1n) is 7.62. The highest BCUT2D eigenvalue weighted by Crippen LogP contribution is 2.22. The van der Waals surface area contributed by atoms with E-state index in [0.29, 0.717) is 11.4 Å². The Balaban J connectivity index is 2.00. The van der Waals surface area contributed by atoms with E-state index in [0.717, 1.165) is 5.56 Å². The van der Waals surface area contributed by atoms with Crippen molar-refractivity contribution in [1.82, 2.24) is 0 Å². The summed E-state index contributed by atoms with van der Waals surface area (Å²) in [6.07, 6.45) is 3.34. The van der Waals surface area contributed by atoms with Gasteiger partial charge in [-0.15, -0.1) is 0 Å². The van der Waals surface area contributed by atoms with Gasteiger partial charge in [-0.1, -0.05) is 51.1 Å². The van der Waals surface area contributed by atoms with Crippen molar-refractivity contribution in [3.63, 3.8) is 0 Å². The van der Waals surface area contributed by atoms with E-state index in [1.54, 1.807) is 13.2 Å². The fourth-order valence-electron chi connectivity index (χ4n) is 2.15. The second-order valence-electron chi connectivity index (χ2n) is 6.43. The molecule has 0 aliphatic rings. The molecule has 0 radical (unpaired) electrons. The molecule has 0 heterocycles. The van der Waals surface area contributed by atoms with Crippen LogP contribution in [-0.4, -0.2) is 13.0 Å². The van der Waals surface area contributed by atoms with Crippen molar-refractivity contribution in [3.05, 3.63) is 65.7 Å². The maximum absolute atomic E-state index is 12.0. The molecule has 3 heteroatoms. The van der Waals surface area contributed by atoms with E-state index in [9.17, 15) is 4.79 Å². The van der Waals surface area contributed by atoms with Crippen molar-refractivity contribution in [2.24, 2.45) is 0 Å². The normalized spacial score (nSPS) is 11.5. The van der Waals surface area contributed by atoms with Crippen LogP contribution in [0.3, 0.4) is 0 Å². The lowest BCUT2D eigenvalue weighted by Gasteiger charge is -2.18. The summed E-state index contributed by atoms with van der Waals surface area (Å²) >= 11 is 0. The molecule has 2 aromatic rings. The van der Waals surface area contributed by atoms with E-state index >= 15 is 0 Å². The second-order valence-corrected chi connectivity index (χ2v) is 6.43. The molecule has 0 saturated carbocycles. The van der Waals surface area contributed by atoms with E-state index in [-0.39, 0.29) is 11.3 Å². The zero-order chi connectivity index (χ0) is 16.9. The summed E-state index contributed by atoms with van der Waals surface area (Å²) in [7, 11) is 1.60. The Hall–Kier alpha value is -2.55. The van der Waals surface area contributed by atoms with E-state index < -0.39 is 0 Å². The maximum Gasteiger partial charge on any atom is 0.248 e. The highest BCUT2D eigenvalue weighted by atomic mass is 16.5. The number of ether oxygens (including phenoxy) is 1. The Morgan fingerprint density at radius 1 is 1.09 bits per heavy atom. The molecule has 120 valence electrons. The van der Waals surface area contributed by atoms with Crippen molar-refractivity contribution < 1.29 is 9.53 Å². The fourth-order valence-corrected chi connectivity index (χ4v) is 2.15. The molecule has 0 aliphatic heterocycles. The van der Waals surface area contributed by atoms with Crippen LogP contribution in [0.5, 0.6) is 5.75 Å². The number of rotatable bonds is 4. The van der Waals surface area contributed by atoms with Crippen LogP contribution in [0.2, 0.25) is 0 Å². The van der Waals surface area contributed by atoms with Crippen molar-refractivity contribution in [3.8, 4) is 5.75 Å². The first-order valence-corrected chi connectivity index (χ1v) is 7.62. The van der Waals surface area contributed by atoms with Gasteiger partial charge in [0.05, 0.1) is 7.11 Å². The van der Waals surface area contributed by atoms with Crippen LogP contribution < -0.4 is 10.1 Å². The van der Waals surface area contributed by atoms with Gasteiger partial charge in [0, 0.05) is 17.8 Å². The van der Waals surface area contributed by atoms with Gasteiger partial charge in [-0.3, -0.25) is 4.79 Å². The van der Waals surface area contributed by atoms with E-state index in [2.05, 4.69) is 38.2 Å². The predicted molar refractivity (Wildman–Crippen MR) is 95.8 cm³/mol. The van der Waals surface area contributed by atoms with Crippen LogP contribution in [0.15, 0.2) is 54.6 Å². The molecule has 1 amide bonds. The maximum atomic E-state index is 12.0. The summed E-state index contributed by atoms with van der Waals surface area (Å²) in [6.45, 7) is 6.54. The molecule has 0 fully saturated rings. The summed E-state index contributed by atoms with van der Waals surface area (Å²) in [6, 6.07) is 15.5. The van der Waals surface area contributed by atoms with Gasteiger partial charge >= 0.3 is 0 Å². The molecule has 0 atom stereocenters. The Bertz CT molecular complexity index is 694. The lowest BCUT2D eigenvalue weighted by Crippen LogP contribution is -2.10. The van der Waals surface area contributed by atoms with Crippen molar-refractivity contribution in [1.29, 1.82) is 0 Å². The molecular formula is C20H23NO2. The number of carbonyl (C=O) groups excluding carboxylic acids is 1. The first-order chi connectivity index (χ1) is 10.9. The SMILES string of the molecule is COc1cccc(NC(=O)C=Cc2ccc(C(C)(C)C)cc2)c1. The predicted octanol–water partition coefficient (Wildman–Crippen LogP) is 4.64. The summed E-state index contributed by atoms with van der Waals surface area (Å²) in [5.74, 6) is 0.544. The quantitative estimate of drug-likeness (QED) is 0.835. The molecule has 0 bridgehead atoms. The van der Waals surface area contributed by atoms with Crippen LogP contribution in [0.4, 0.5) is 5.69 Å². The van der Waals surface area contributed by atoms with E-state index in [1.165, 1.54) is 11.6 Å². The number of hydrogen-bond acceptors (Lipinski definition) is 2. The molecule has 0 unspecified atom stereocenters. The average molecular weight is 309 g/mol. The van der Waals surface area contributed by atoms with Gasteiger partial charge in [0.15, 0.2) is 0 Å². The number of methoxy groups -OCH3 is 1. The molecular weight excluding hydrogens is 286 g/mol. The monoisotopic (exact) mass is 309 g/mol. The molecule has 0 aromatic heterocycles. The Morgan fingerprint density at radius 3 is 2.39 bits per heavy atom. The van der Waals surface area contributed by atoms with Crippen molar-refractivity contribution in [2.45, 2.75) is 26.2 Å². The van der Waals surface area contributed by atoms with Crippen LogP contribution in [0.25, 0.3) is 6.08 Å². The molecule has 1 N–H and O–H groups in total. The summed E-state index contributed by atoms with van der Waals surface area (Å²) in [5, 5.41) is 2.82. The van der Waals surface area contributed by atoms with Crippen molar-refractivity contribution in [2.75, 3.05) is 12.4 Å². The lowest BCUT2D eigenvalue weighted by atomic mass is 9.87. The number of anilines is 1. The molecule has 2 aromatic carbocycles. The average Bonchev–Trinajstić information content (AvgIpc) is 2.52. The summed E-state index contributed by atoms with van der Waals surface area (Å²) in [4.78, 5) is 12.0. The smallest absolute Gasteiger partial charge is 0.248 e. The van der Waals surface area contributed by atoms with Crippen LogP contribution in [0.1, 0.15) is 31.9 Å². The number of amides is 1. The molecule has 23 heavy (non-hydrogen) atoms. The minimum atomic E-state index is -0.168. The number of carbonyl (C=O) groups is 1.